The number of aryl methyl sites for hydroxylation is 3. The zero-order chi connectivity index (χ0) is 15.2. The molecule has 1 N–H and O–H groups in total. The lowest BCUT2D eigenvalue weighted by atomic mass is 10.1. The molecule has 0 unspecified atom stereocenters. The molecule has 4 heteroatoms. The molecular formula is C17H21N3O. The van der Waals surface area contributed by atoms with Crippen molar-refractivity contribution in [2.75, 3.05) is 0 Å². The molecule has 0 spiro atoms. The van der Waals surface area contributed by atoms with Crippen LogP contribution in [0.3, 0.4) is 0 Å². The van der Waals surface area contributed by atoms with Crippen molar-refractivity contribution in [3.8, 4) is 0 Å². The molecule has 0 bridgehead atoms. The lowest BCUT2D eigenvalue weighted by Gasteiger charge is -2.14. The van der Waals surface area contributed by atoms with Crippen LogP contribution in [-0.2, 0) is 6.42 Å². The third kappa shape index (κ3) is 4.38. The van der Waals surface area contributed by atoms with E-state index in [1.807, 2.05) is 39.0 Å². The third-order valence-corrected chi connectivity index (χ3v) is 3.43. The van der Waals surface area contributed by atoms with Crippen LogP contribution >= 0.6 is 0 Å². The molecule has 0 fully saturated rings. The Bertz CT molecular complexity index is 611. The molecule has 1 amide bonds. The average molecular weight is 283 g/mol. The molecule has 1 atom stereocenters. The SMILES string of the molecule is Cc1ncc(C(=O)N[C@H](C)CCc2ccccc2)c(C)n1. The maximum absolute atomic E-state index is 12.2. The molecule has 4 nitrogen and oxygen atoms in total. The maximum atomic E-state index is 12.2. The highest BCUT2D eigenvalue weighted by molar-refractivity contribution is 5.95. The van der Waals surface area contributed by atoms with E-state index in [1.165, 1.54) is 5.56 Å². The van der Waals surface area contributed by atoms with Crippen LogP contribution in [0, 0.1) is 13.8 Å². The van der Waals surface area contributed by atoms with E-state index in [2.05, 4.69) is 27.4 Å². The van der Waals surface area contributed by atoms with Crippen LogP contribution in [0.15, 0.2) is 36.5 Å². The van der Waals surface area contributed by atoms with Crippen molar-refractivity contribution < 1.29 is 4.79 Å². The number of nitrogens with one attached hydrogen (secondary N) is 1. The minimum atomic E-state index is -0.104. The Kier molecular flexibility index (Phi) is 5.04. The molecule has 0 radical (unpaired) electrons. The highest BCUT2D eigenvalue weighted by atomic mass is 16.1. The summed E-state index contributed by atoms with van der Waals surface area (Å²) in [6.07, 6.45) is 3.45. The molecule has 0 aliphatic rings. The van der Waals surface area contributed by atoms with E-state index in [9.17, 15) is 4.79 Å². The summed E-state index contributed by atoms with van der Waals surface area (Å²) in [4.78, 5) is 20.5. The van der Waals surface area contributed by atoms with E-state index >= 15 is 0 Å². The Morgan fingerprint density at radius 3 is 2.62 bits per heavy atom. The largest absolute Gasteiger partial charge is 0.349 e. The molecule has 0 aliphatic carbocycles. The predicted molar refractivity (Wildman–Crippen MR) is 83.2 cm³/mol. The van der Waals surface area contributed by atoms with Crippen LogP contribution in [-0.4, -0.2) is 21.9 Å². The van der Waals surface area contributed by atoms with E-state index in [1.54, 1.807) is 6.20 Å². The van der Waals surface area contributed by atoms with Gasteiger partial charge in [0, 0.05) is 12.2 Å². The molecule has 0 aliphatic heterocycles. The van der Waals surface area contributed by atoms with Gasteiger partial charge in [-0.25, -0.2) is 9.97 Å². The molecule has 110 valence electrons. The molecule has 1 aromatic carbocycles. The molecule has 0 saturated carbocycles. The van der Waals surface area contributed by atoms with Gasteiger partial charge in [0.1, 0.15) is 5.82 Å². The van der Waals surface area contributed by atoms with Crippen LogP contribution in [0.25, 0.3) is 0 Å². The summed E-state index contributed by atoms with van der Waals surface area (Å²) in [6, 6.07) is 10.4. The first kappa shape index (κ1) is 15.2. The molecule has 0 saturated heterocycles. The lowest BCUT2D eigenvalue weighted by molar-refractivity contribution is 0.0937. The van der Waals surface area contributed by atoms with Crippen LogP contribution in [0.5, 0.6) is 0 Å². The monoisotopic (exact) mass is 283 g/mol. The second-order valence-corrected chi connectivity index (χ2v) is 5.32. The van der Waals surface area contributed by atoms with Gasteiger partial charge in [-0.3, -0.25) is 4.79 Å². The van der Waals surface area contributed by atoms with E-state index < -0.39 is 0 Å². The van der Waals surface area contributed by atoms with Gasteiger partial charge in [-0.15, -0.1) is 0 Å². The zero-order valence-corrected chi connectivity index (χ0v) is 12.8. The van der Waals surface area contributed by atoms with E-state index in [-0.39, 0.29) is 11.9 Å². The minimum absolute atomic E-state index is 0.104. The normalized spacial score (nSPS) is 12.0. The Morgan fingerprint density at radius 2 is 1.95 bits per heavy atom. The molecule has 21 heavy (non-hydrogen) atoms. The van der Waals surface area contributed by atoms with Crippen molar-refractivity contribution in [1.82, 2.24) is 15.3 Å². The van der Waals surface area contributed by atoms with E-state index in [4.69, 9.17) is 0 Å². The Morgan fingerprint density at radius 1 is 1.24 bits per heavy atom. The van der Waals surface area contributed by atoms with Crippen LogP contribution in [0.4, 0.5) is 0 Å². The fourth-order valence-corrected chi connectivity index (χ4v) is 2.21. The topological polar surface area (TPSA) is 54.9 Å². The number of nitrogens with zero attached hydrogens (tertiary/aromatic N) is 2. The van der Waals surface area contributed by atoms with E-state index in [0.717, 1.165) is 18.5 Å². The highest BCUT2D eigenvalue weighted by Crippen LogP contribution is 2.07. The number of carbonyl (C=O) groups is 1. The number of benzene rings is 1. The van der Waals surface area contributed by atoms with Crippen molar-refractivity contribution in [2.45, 2.75) is 39.7 Å². The van der Waals surface area contributed by atoms with Gasteiger partial charge in [-0.2, -0.15) is 0 Å². The van der Waals surface area contributed by atoms with Gasteiger partial charge in [-0.05, 0) is 39.2 Å². The summed E-state index contributed by atoms with van der Waals surface area (Å²) in [6.45, 7) is 5.67. The van der Waals surface area contributed by atoms with Gasteiger partial charge in [0.15, 0.2) is 0 Å². The van der Waals surface area contributed by atoms with Gasteiger partial charge in [0.05, 0.1) is 11.3 Å². The molecule has 1 heterocycles. The quantitative estimate of drug-likeness (QED) is 0.918. The van der Waals surface area contributed by atoms with Crippen molar-refractivity contribution in [2.24, 2.45) is 0 Å². The summed E-state index contributed by atoms with van der Waals surface area (Å²) >= 11 is 0. The minimum Gasteiger partial charge on any atom is -0.349 e. The summed E-state index contributed by atoms with van der Waals surface area (Å²) in [5, 5.41) is 3.01. The first-order chi connectivity index (χ1) is 10.1. The second-order valence-electron chi connectivity index (χ2n) is 5.32. The fourth-order valence-electron chi connectivity index (χ4n) is 2.21. The smallest absolute Gasteiger partial charge is 0.254 e. The number of hydrogen-bond acceptors (Lipinski definition) is 3. The van der Waals surface area contributed by atoms with Crippen molar-refractivity contribution in [3.05, 3.63) is 59.2 Å². The van der Waals surface area contributed by atoms with Crippen LogP contribution in [0.1, 0.15) is 40.8 Å². The van der Waals surface area contributed by atoms with Crippen molar-refractivity contribution in [1.29, 1.82) is 0 Å². The summed E-state index contributed by atoms with van der Waals surface area (Å²) < 4.78 is 0. The van der Waals surface area contributed by atoms with Gasteiger partial charge < -0.3 is 5.32 Å². The Hall–Kier alpha value is -2.23. The fraction of sp³-hybridized carbons (Fsp3) is 0.353. The van der Waals surface area contributed by atoms with Crippen molar-refractivity contribution in [3.63, 3.8) is 0 Å². The Labute approximate surface area is 125 Å². The first-order valence-corrected chi connectivity index (χ1v) is 7.21. The number of amides is 1. The third-order valence-electron chi connectivity index (χ3n) is 3.43. The zero-order valence-electron chi connectivity index (χ0n) is 12.8. The highest BCUT2D eigenvalue weighted by Gasteiger charge is 2.13. The lowest BCUT2D eigenvalue weighted by Crippen LogP contribution is -2.33. The van der Waals surface area contributed by atoms with E-state index in [0.29, 0.717) is 11.4 Å². The molecule has 2 rings (SSSR count). The standard InChI is InChI=1S/C17H21N3O/c1-12(9-10-15-7-5-4-6-8-15)19-17(21)16-11-18-14(3)20-13(16)2/h4-8,11-12H,9-10H2,1-3H3,(H,19,21)/t12-/m1/s1. The Balaban J connectivity index is 1.90. The maximum Gasteiger partial charge on any atom is 0.254 e. The molecule has 2 aromatic rings. The van der Waals surface area contributed by atoms with Crippen LogP contribution < -0.4 is 5.32 Å². The number of hydrogen-bond donors (Lipinski definition) is 1. The first-order valence-electron chi connectivity index (χ1n) is 7.21. The summed E-state index contributed by atoms with van der Waals surface area (Å²) in [5.41, 5.74) is 2.55. The van der Waals surface area contributed by atoms with Gasteiger partial charge in [0.25, 0.3) is 5.91 Å². The van der Waals surface area contributed by atoms with Gasteiger partial charge in [-0.1, -0.05) is 30.3 Å². The number of rotatable bonds is 5. The number of carbonyl (C=O) groups excluding carboxylic acids is 1. The summed E-state index contributed by atoms with van der Waals surface area (Å²) in [5.74, 6) is 0.578. The van der Waals surface area contributed by atoms with Crippen molar-refractivity contribution >= 4 is 5.91 Å². The summed E-state index contributed by atoms with van der Waals surface area (Å²) in [7, 11) is 0. The second kappa shape index (κ2) is 6.97. The molecule has 1 aromatic heterocycles. The van der Waals surface area contributed by atoms with Gasteiger partial charge in [0.2, 0.25) is 0 Å². The number of aromatic nitrogens is 2. The van der Waals surface area contributed by atoms with Crippen LogP contribution in [0.2, 0.25) is 0 Å². The van der Waals surface area contributed by atoms with Gasteiger partial charge >= 0.3 is 0 Å². The molecular weight excluding hydrogens is 262 g/mol. The predicted octanol–water partition coefficient (Wildman–Crippen LogP) is 2.84. The average Bonchev–Trinajstić information content (AvgIpc) is 2.46.